The first-order valence-electron chi connectivity index (χ1n) is 10.7. The Balaban J connectivity index is 1.45. The third-order valence-electron chi connectivity index (χ3n) is 6.89. The van der Waals surface area contributed by atoms with Crippen LogP contribution < -0.4 is 4.90 Å². The molecule has 5 aliphatic rings. The van der Waals surface area contributed by atoms with Gasteiger partial charge in [0.2, 0.25) is 0 Å². The lowest BCUT2D eigenvalue weighted by molar-refractivity contribution is -0.133. The van der Waals surface area contributed by atoms with Crippen LogP contribution in [0.15, 0.2) is 6.07 Å². The molecule has 1 aliphatic carbocycles. The molecular formula is C22H26N4O2S. The summed E-state index contributed by atoms with van der Waals surface area (Å²) in [5.41, 5.74) is 3.91. The number of piperidine rings is 1. The SMILES string of the molecule is Cc1nc(C)c(-c2cc3c(c(N4CC5CC(C4)O5)n2)C(=O)N([C@@H](C)C2CC2)C3)s1. The van der Waals surface area contributed by atoms with Crippen molar-refractivity contribution in [1.29, 1.82) is 0 Å². The number of ether oxygens (including phenoxy) is 1. The number of morpholine rings is 1. The molecule has 3 saturated heterocycles. The minimum atomic E-state index is 0.158. The number of aromatic nitrogens is 2. The Kier molecular flexibility index (Phi) is 3.84. The monoisotopic (exact) mass is 410 g/mol. The first-order chi connectivity index (χ1) is 14.0. The van der Waals surface area contributed by atoms with Crippen molar-refractivity contribution < 1.29 is 9.53 Å². The molecule has 2 unspecified atom stereocenters. The fraction of sp³-hybridized carbons (Fsp3) is 0.591. The summed E-state index contributed by atoms with van der Waals surface area (Å²) >= 11 is 1.69. The molecule has 1 amide bonds. The van der Waals surface area contributed by atoms with Crippen LogP contribution in [0.1, 0.15) is 52.8 Å². The first kappa shape index (κ1) is 17.8. The second-order valence-electron chi connectivity index (χ2n) is 9.04. The highest BCUT2D eigenvalue weighted by molar-refractivity contribution is 7.15. The molecule has 0 N–H and O–H groups in total. The van der Waals surface area contributed by atoms with Crippen molar-refractivity contribution in [2.45, 2.75) is 64.8 Å². The molecule has 2 bridgehead atoms. The van der Waals surface area contributed by atoms with Crippen LogP contribution in [0.5, 0.6) is 0 Å². The molecule has 6 nitrogen and oxygen atoms in total. The van der Waals surface area contributed by atoms with Gasteiger partial charge in [0.1, 0.15) is 5.82 Å². The summed E-state index contributed by atoms with van der Waals surface area (Å²) < 4.78 is 5.84. The zero-order valence-electron chi connectivity index (χ0n) is 17.1. The van der Waals surface area contributed by atoms with Crippen LogP contribution in [0, 0.1) is 19.8 Å². The molecule has 0 spiro atoms. The van der Waals surface area contributed by atoms with Crippen LogP contribution in [-0.2, 0) is 11.3 Å². The van der Waals surface area contributed by atoms with E-state index < -0.39 is 0 Å². The molecule has 0 radical (unpaired) electrons. The molecule has 6 heterocycles. The Morgan fingerprint density at radius 3 is 2.55 bits per heavy atom. The van der Waals surface area contributed by atoms with Crippen LogP contribution in [0.3, 0.4) is 0 Å². The van der Waals surface area contributed by atoms with E-state index in [1.54, 1.807) is 11.3 Å². The Bertz CT molecular complexity index is 998. The van der Waals surface area contributed by atoms with Crippen LogP contribution >= 0.6 is 11.3 Å². The van der Waals surface area contributed by atoms with Crippen molar-refractivity contribution in [3.8, 4) is 10.6 Å². The smallest absolute Gasteiger partial charge is 0.258 e. The molecule has 4 fully saturated rings. The number of carbonyl (C=O) groups excluding carboxylic acids is 1. The number of pyridine rings is 1. The molecule has 2 aromatic heterocycles. The molecular weight excluding hydrogens is 384 g/mol. The van der Waals surface area contributed by atoms with E-state index in [0.717, 1.165) is 57.7 Å². The average molecular weight is 411 g/mol. The van der Waals surface area contributed by atoms with Crippen molar-refractivity contribution >= 4 is 23.1 Å². The maximum absolute atomic E-state index is 13.5. The van der Waals surface area contributed by atoms with Gasteiger partial charge in [0, 0.05) is 32.1 Å². The topological polar surface area (TPSA) is 58.6 Å². The standard InChI is InChI=1S/C22H26N4O2S/c1-11-20(29-13(3)23-11)18-6-15-8-26(12(2)14-4-5-14)22(27)19(15)21(24-18)25-9-16-7-17(10-25)28-16/h6,12,14,16-17H,4-5,7-10H2,1-3H3/t12-,16?,17?/m0/s1. The lowest BCUT2D eigenvalue weighted by Gasteiger charge is -2.47. The van der Waals surface area contributed by atoms with Gasteiger partial charge in [-0.05, 0) is 51.2 Å². The Morgan fingerprint density at radius 2 is 1.93 bits per heavy atom. The average Bonchev–Trinajstić information content (AvgIpc) is 3.41. The third kappa shape index (κ3) is 2.81. The maximum atomic E-state index is 13.5. The van der Waals surface area contributed by atoms with E-state index in [2.05, 4.69) is 27.8 Å². The molecule has 152 valence electrons. The van der Waals surface area contributed by atoms with Gasteiger partial charge < -0.3 is 14.5 Å². The third-order valence-corrected chi connectivity index (χ3v) is 7.98. The summed E-state index contributed by atoms with van der Waals surface area (Å²) in [4.78, 5) is 28.6. The number of carbonyl (C=O) groups is 1. The van der Waals surface area contributed by atoms with E-state index in [9.17, 15) is 4.79 Å². The predicted molar refractivity (Wildman–Crippen MR) is 112 cm³/mol. The number of fused-ring (bicyclic) bond motifs is 3. The van der Waals surface area contributed by atoms with Crippen molar-refractivity contribution in [3.05, 3.63) is 27.9 Å². The lowest BCUT2D eigenvalue weighted by Crippen LogP contribution is -2.57. The summed E-state index contributed by atoms with van der Waals surface area (Å²) in [5, 5.41) is 1.05. The van der Waals surface area contributed by atoms with Crippen molar-refractivity contribution in [2.24, 2.45) is 5.92 Å². The van der Waals surface area contributed by atoms with E-state index in [-0.39, 0.29) is 18.1 Å². The van der Waals surface area contributed by atoms with Crippen LogP contribution in [0.4, 0.5) is 5.82 Å². The van der Waals surface area contributed by atoms with Gasteiger partial charge in [-0.15, -0.1) is 11.3 Å². The van der Waals surface area contributed by atoms with Gasteiger partial charge in [0.05, 0.1) is 39.0 Å². The number of amides is 1. The highest BCUT2D eigenvalue weighted by Gasteiger charge is 2.44. The number of rotatable bonds is 4. The zero-order valence-corrected chi connectivity index (χ0v) is 18.0. The zero-order chi connectivity index (χ0) is 19.9. The van der Waals surface area contributed by atoms with E-state index in [1.807, 2.05) is 13.8 Å². The highest BCUT2D eigenvalue weighted by atomic mass is 32.1. The lowest BCUT2D eigenvalue weighted by atomic mass is 9.98. The molecule has 2 aromatic rings. The first-order valence-corrected chi connectivity index (χ1v) is 11.5. The second kappa shape index (κ2) is 6.25. The summed E-state index contributed by atoms with van der Waals surface area (Å²) in [6.45, 7) is 8.63. The van der Waals surface area contributed by atoms with Gasteiger partial charge in [-0.2, -0.15) is 0 Å². The van der Waals surface area contributed by atoms with Gasteiger partial charge in [0.25, 0.3) is 5.91 Å². The van der Waals surface area contributed by atoms with Crippen molar-refractivity contribution in [2.75, 3.05) is 18.0 Å². The minimum absolute atomic E-state index is 0.158. The van der Waals surface area contributed by atoms with E-state index in [4.69, 9.17) is 9.72 Å². The van der Waals surface area contributed by atoms with Gasteiger partial charge in [-0.1, -0.05) is 0 Å². The van der Waals surface area contributed by atoms with Crippen LogP contribution in [-0.4, -0.2) is 52.1 Å². The Labute approximate surface area is 174 Å². The quantitative estimate of drug-likeness (QED) is 0.771. The van der Waals surface area contributed by atoms with Crippen molar-refractivity contribution in [1.82, 2.24) is 14.9 Å². The van der Waals surface area contributed by atoms with Gasteiger partial charge in [-0.3, -0.25) is 4.79 Å². The second-order valence-corrected chi connectivity index (χ2v) is 10.2. The van der Waals surface area contributed by atoms with Gasteiger partial charge in [-0.25, -0.2) is 9.97 Å². The summed E-state index contributed by atoms with van der Waals surface area (Å²) in [6, 6.07) is 2.44. The fourth-order valence-corrected chi connectivity index (χ4v) is 6.02. The van der Waals surface area contributed by atoms with Crippen molar-refractivity contribution in [3.63, 3.8) is 0 Å². The highest BCUT2D eigenvalue weighted by Crippen LogP contribution is 2.42. The summed E-state index contributed by atoms with van der Waals surface area (Å²) in [5.74, 6) is 1.67. The van der Waals surface area contributed by atoms with E-state index >= 15 is 0 Å². The number of aryl methyl sites for hydroxylation is 2. The fourth-order valence-electron chi connectivity index (χ4n) is 5.14. The molecule has 1 saturated carbocycles. The number of anilines is 1. The Hall–Kier alpha value is -1.99. The molecule has 29 heavy (non-hydrogen) atoms. The minimum Gasteiger partial charge on any atom is -0.371 e. The molecule has 7 heteroatoms. The van der Waals surface area contributed by atoms with E-state index in [1.165, 1.54) is 12.8 Å². The number of hydrogen-bond donors (Lipinski definition) is 0. The number of thiazole rings is 1. The van der Waals surface area contributed by atoms with Gasteiger partial charge in [0.15, 0.2) is 0 Å². The molecule has 7 rings (SSSR count). The summed E-state index contributed by atoms with van der Waals surface area (Å²) in [6.07, 6.45) is 4.17. The normalized spacial score (nSPS) is 26.5. The molecule has 3 atom stereocenters. The predicted octanol–water partition coefficient (Wildman–Crippen LogP) is 3.55. The van der Waals surface area contributed by atoms with Gasteiger partial charge >= 0.3 is 0 Å². The van der Waals surface area contributed by atoms with Crippen LogP contribution in [0.25, 0.3) is 10.6 Å². The number of nitrogens with zero attached hydrogens (tertiary/aromatic N) is 4. The van der Waals surface area contributed by atoms with Crippen LogP contribution in [0.2, 0.25) is 0 Å². The molecule has 4 aliphatic heterocycles. The largest absolute Gasteiger partial charge is 0.371 e. The Morgan fingerprint density at radius 1 is 1.21 bits per heavy atom. The maximum Gasteiger partial charge on any atom is 0.258 e. The van der Waals surface area contributed by atoms with E-state index in [0.29, 0.717) is 18.5 Å². The number of hydrogen-bond acceptors (Lipinski definition) is 6. The molecule has 0 aromatic carbocycles. The summed E-state index contributed by atoms with van der Waals surface area (Å²) in [7, 11) is 0.